The smallest absolute Gasteiger partial charge is 0.308 e. The SMILES string of the molecule is COCOc1c(OC)c(C)cc2c1[C@@H]1[C@@H]3Cc4c(OC(C)=O)c(C)c5c(c4[C@H](CO)N3[C@@H](C#N)[C@@H](C2)N1C)OCO5. The van der Waals surface area contributed by atoms with Crippen molar-refractivity contribution < 1.29 is 38.3 Å². The van der Waals surface area contributed by atoms with E-state index >= 15 is 0 Å². The van der Waals surface area contributed by atoms with E-state index in [1.54, 1.807) is 14.2 Å². The second-order valence-corrected chi connectivity index (χ2v) is 11.1. The van der Waals surface area contributed by atoms with Crippen molar-refractivity contribution in [3.8, 4) is 34.8 Å². The number of carbonyl (C=O) groups is 1. The Balaban J connectivity index is 1.61. The molecule has 4 aliphatic rings. The number of fused-ring (bicyclic) bond motifs is 9. The van der Waals surface area contributed by atoms with E-state index in [0.29, 0.717) is 52.7 Å². The molecule has 4 aliphatic heterocycles. The number of carbonyl (C=O) groups excluding carboxylic acids is 1. The van der Waals surface area contributed by atoms with Crippen LogP contribution in [-0.2, 0) is 22.4 Å². The maximum atomic E-state index is 12.3. The fourth-order valence-corrected chi connectivity index (χ4v) is 7.53. The van der Waals surface area contributed by atoms with Crippen LogP contribution in [0.2, 0.25) is 0 Å². The van der Waals surface area contributed by atoms with E-state index in [9.17, 15) is 15.2 Å². The molecule has 2 aromatic rings. The molecule has 11 nitrogen and oxygen atoms in total. The molecule has 0 aliphatic carbocycles. The van der Waals surface area contributed by atoms with Crippen LogP contribution in [0.3, 0.4) is 0 Å². The van der Waals surface area contributed by atoms with Crippen molar-refractivity contribution in [1.29, 1.82) is 5.26 Å². The van der Waals surface area contributed by atoms with Gasteiger partial charge >= 0.3 is 5.97 Å². The number of esters is 1. The first kappa shape index (κ1) is 27.6. The highest BCUT2D eigenvalue weighted by Crippen LogP contribution is 2.58. The van der Waals surface area contributed by atoms with Crippen molar-refractivity contribution in [3.63, 3.8) is 0 Å². The lowest BCUT2D eigenvalue weighted by molar-refractivity contribution is -0.132. The molecule has 4 heterocycles. The van der Waals surface area contributed by atoms with Crippen LogP contribution in [0.4, 0.5) is 0 Å². The van der Waals surface area contributed by atoms with Crippen molar-refractivity contribution >= 4 is 5.97 Å². The van der Waals surface area contributed by atoms with Gasteiger partial charge in [-0.2, -0.15) is 5.26 Å². The van der Waals surface area contributed by atoms with Crippen LogP contribution in [0, 0.1) is 25.2 Å². The maximum Gasteiger partial charge on any atom is 0.308 e. The van der Waals surface area contributed by atoms with E-state index in [0.717, 1.165) is 22.3 Å². The first-order valence-corrected chi connectivity index (χ1v) is 13.7. The number of nitriles is 1. The Kier molecular flexibility index (Phi) is 6.98. The monoisotopic (exact) mass is 565 g/mol. The summed E-state index contributed by atoms with van der Waals surface area (Å²) < 4.78 is 34.9. The van der Waals surface area contributed by atoms with Gasteiger partial charge in [-0.1, -0.05) is 6.07 Å². The lowest BCUT2D eigenvalue weighted by Crippen LogP contribution is -2.68. The molecule has 41 heavy (non-hydrogen) atoms. The van der Waals surface area contributed by atoms with Crippen LogP contribution in [0.1, 0.15) is 52.4 Å². The number of aryl methyl sites for hydroxylation is 1. The highest BCUT2D eigenvalue weighted by molar-refractivity contribution is 5.74. The molecule has 11 heteroatoms. The van der Waals surface area contributed by atoms with Gasteiger partial charge in [0.25, 0.3) is 0 Å². The number of rotatable bonds is 6. The van der Waals surface area contributed by atoms with Crippen molar-refractivity contribution in [3.05, 3.63) is 39.4 Å². The van der Waals surface area contributed by atoms with Crippen molar-refractivity contribution in [2.75, 3.05) is 41.5 Å². The number of likely N-dealkylation sites (N-methyl/N-ethyl adjacent to an activating group) is 1. The summed E-state index contributed by atoms with van der Waals surface area (Å²) in [6.45, 7) is 4.99. The number of hydrogen-bond donors (Lipinski definition) is 1. The highest BCUT2D eigenvalue weighted by Gasteiger charge is 2.56. The Morgan fingerprint density at radius 3 is 2.54 bits per heavy atom. The standard InChI is InChI=1S/C30H35N3O8/c1-14-7-17-8-19-21(10-31)33-20(25(32(19)4)23(17)29(26(14)37-6)38-12-36-5)9-18-24(22(33)11-34)30-28(39-13-40-30)15(2)27(18)41-16(3)35/h7,19-22,25,34H,8-9,11-13H2,1-6H3/t19-,20+,21+,22+,25+/m1/s1. The van der Waals surface area contributed by atoms with Crippen LogP contribution in [0.25, 0.3) is 0 Å². The summed E-state index contributed by atoms with van der Waals surface area (Å²) in [5.74, 6) is 2.25. The molecule has 0 saturated carbocycles. The van der Waals surface area contributed by atoms with Gasteiger partial charge in [0.15, 0.2) is 29.8 Å². The second kappa shape index (κ2) is 10.4. The fraction of sp³-hybridized carbons (Fsp3) is 0.533. The number of hydrogen-bond acceptors (Lipinski definition) is 11. The number of methoxy groups -OCH3 is 2. The zero-order valence-electron chi connectivity index (χ0n) is 24.1. The van der Waals surface area contributed by atoms with Gasteiger partial charge in [-0.05, 0) is 44.9 Å². The van der Waals surface area contributed by atoms with Crippen LogP contribution in [0.5, 0.6) is 28.7 Å². The molecule has 0 spiro atoms. The van der Waals surface area contributed by atoms with Crippen molar-refractivity contribution in [2.24, 2.45) is 0 Å². The predicted octanol–water partition coefficient (Wildman–Crippen LogP) is 2.71. The average Bonchev–Trinajstić information content (AvgIpc) is 3.43. The number of nitrogens with zero attached hydrogens (tertiary/aromatic N) is 3. The van der Waals surface area contributed by atoms with Crippen molar-refractivity contribution in [2.45, 2.75) is 63.8 Å². The minimum absolute atomic E-state index is 0.0239. The predicted molar refractivity (Wildman–Crippen MR) is 145 cm³/mol. The summed E-state index contributed by atoms with van der Waals surface area (Å²) in [7, 11) is 5.23. The summed E-state index contributed by atoms with van der Waals surface area (Å²) in [5, 5.41) is 21.5. The fourth-order valence-electron chi connectivity index (χ4n) is 7.53. The van der Waals surface area contributed by atoms with Gasteiger partial charge in [0.05, 0.1) is 31.9 Å². The van der Waals surface area contributed by atoms with E-state index in [-0.39, 0.29) is 38.3 Å². The number of aliphatic hydroxyl groups excluding tert-OH is 1. The summed E-state index contributed by atoms with van der Waals surface area (Å²) in [4.78, 5) is 16.6. The Hall–Kier alpha value is -3.56. The zero-order valence-corrected chi connectivity index (χ0v) is 24.1. The Morgan fingerprint density at radius 2 is 1.88 bits per heavy atom. The van der Waals surface area contributed by atoms with E-state index in [2.05, 4.69) is 21.9 Å². The van der Waals surface area contributed by atoms with E-state index < -0.39 is 18.1 Å². The molecule has 2 aromatic carbocycles. The number of ether oxygens (including phenoxy) is 6. The average molecular weight is 566 g/mol. The normalized spacial score (nSPS) is 26.0. The molecule has 5 atom stereocenters. The third-order valence-corrected chi connectivity index (χ3v) is 8.99. The molecule has 1 fully saturated rings. The summed E-state index contributed by atoms with van der Waals surface area (Å²) in [6, 6.07) is 2.92. The van der Waals surface area contributed by atoms with Gasteiger partial charge < -0.3 is 33.5 Å². The van der Waals surface area contributed by atoms with Crippen LogP contribution in [-0.4, -0.2) is 80.5 Å². The van der Waals surface area contributed by atoms with Gasteiger partial charge in [0.1, 0.15) is 11.8 Å². The molecule has 0 amide bonds. The lowest BCUT2D eigenvalue weighted by Gasteiger charge is -2.59. The Labute approximate surface area is 239 Å². The quantitative estimate of drug-likeness (QED) is 0.316. The number of benzene rings is 2. The summed E-state index contributed by atoms with van der Waals surface area (Å²) >= 11 is 0. The van der Waals surface area contributed by atoms with E-state index in [1.165, 1.54) is 6.92 Å². The van der Waals surface area contributed by atoms with E-state index in [4.69, 9.17) is 28.4 Å². The Bertz CT molecular complexity index is 1450. The highest BCUT2D eigenvalue weighted by atomic mass is 16.7. The largest absolute Gasteiger partial charge is 0.493 e. The molecular formula is C30H35N3O8. The third kappa shape index (κ3) is 3.96. The van der Waals surface area contributed by atoms with Gasteiger partial charge in [-0.3, -0.25) is 14.6 Å². The molecule has 1 N–H and O–H groups in total. The van der Waals surface area contributed by atoms with E-state index in [1.807, 2.05) is 20.9 Å². The first-order valence-electron chi connectivity index (χ1n) is 13.7. The third-order valence-electron chi connectivity index (χ3n) is 8.99. The molecule has 6 rings (SSSR count). The van der Waals surface area contributed by atoms with Crippen molar-refractivity contribution in [1.82, 2.24) is 9.80 Å². The molecule has 0 unspecified atom stereocenters. The minimum atomic E-state index is -0.588. The van der Waals surface area contributed by atoms with Gasteiger partial charge in [-0.25, -0.2) is 0 Å². The van der Waals surface area contributed by atoms with Crippen LogP contribution < -0.4 is 23.7 Å². The maximum absolute atomic E-state index is 12.3. The lowest BCUT2D eigenvalue weighted by atomic mass is 9.71. The Morgan fingerprint density at radius 1 is 1.12 bits per heavy atom. The zero-order chi connectivity index (χ0) is 29.2. The minimum Gasteiger partial charge on any atom is -0.493 e. The number of piperazine rings is 1. The molecule has 0 radical (unpaired) electrons. The summed E-state index contributed by atoms with van der Waals surface area (Å²) in [6.07, 6.45) is 1.05. The molecule has 2 bridgehead atoms. The first-order chi connectivity index (χ1) is 19.8. The molecular weight excluding hydrogens is 530 g/mol. The van der Waals surface area contributed by atoms with Gasteiger partial charge in [-0.15, -0.1) is 0 Å². The second-order valence-electron chi connectivity index (χ2n) is 11.1. The van der Waals surface area contributed by atoms with Crippen LogP contribution in [0.15, 0.2) is 6.07 Å². The van der Waals surface area contributed by atoms with Crippen LogP contribution >= 0.6 is 0 Å². The summed E-state index contributed by atoms with van der Waals surface area (Å²) in [5.41, 5.74) is 5.15. The van der Waals surface area contributed by atoms with Gasteiger partial charge in [0, 0.05) is 48.4 Å². The number of aliphatic hydroxyl groups is 1. The van der Waals surface area contributed by atoms with Gasteiger partial charge in [0.2, 0.25) is 6.79 Å². The molecule has 1 saturated heterocycles. The molecule has 0 aromatic heterocycles. The molecule has 218 valence electrons. The topological polar surface area (TPSA) is 123 Å².